The molecule has 2 saturated heterocycles. The van der Waals surface area contributed by atoms with Gasteiger partial charge in [-0.25, -0.2) is 0 Å². The first-order valence-electron chi connectivity index (χ1n) is 15.3. The average Bonchev–Trinajstić information content (AvgIpc) is 3.72. The molecule has 8 rings (SSSR count). The second-order valence-electron chi connectivity index (χ2n) is 14.2. The maximum atomic E-state index is 14.1. The normalized spacial score (nSPS) is 51.6. The van der Waals surface area contributed by atoms with Gasteiger partial charge in [0.15, 0.2) is 0 Å². The molecular formula is C30H41NO7. The Kier molecular flexibility index (Phi) is 5.35. The van der Waals surface area contributed by atoms with Crippen molar-refractivity contribution in [3.8, 4) is 0 Å². The molecule has 8 heteroatoms. The SMILES string of the molecule is CC(C)C1(OC(=O)C2C3CC4C(OC(=O)C42)C3OC(=O)CN2CCOCC2)CC2CC1C1C3CCC(C3)C21. The van der Waals surface area contributed by atoms with Gasteiger partial charge in [-0.15, -0.1) is 0 Å². The minimum atomic E-state index is -0.571. The van der Waals surface area contributed by atoms with Gasteiger partial charge in [0.1, 0.15) is 17.8 Å². The number of carbonyl (C=O) groups excluding carboxylic acids is 3. The van der Waals surface area contributed by atoms with E-state index in [-0.39, 0.29) is 42.2 Å². The van der Waals surface area contributed by atoms with E-state index in [1.165, 1.54) is 25.7 Å². The summed E-state index contributed by atoms with van der Waals surface area (Å²) in [6.45, 7) is 7.24. The number of hydrogen-bond acceptors (Lipinski definition) is 8. The molecule has 2 heterocycles. The molecule has 6 aliphatic carbocycles. The number of ether oxygens (including phenoxy) is 4. The van der Waals surface area contributed by atoms with Crippen LogP contribution in [0.2, 0.25) is 0 Å². The lowest BCUT2D eigenvalue weighted by molar-refractivity contribution is -0.192. The summed E-state index contributed by atoms with van der Waals surface area (Å²) in [6, 6.07) is 0. The van der Waals surface area contributed by atoms with Gasteiger partial charge >= 0.3 is 17.9 Å². The van der Waals surface area contributed by atoms with Crippen LogP contribution in [0.4, 0.5) is 0 Å². The summed E-state index contributed by atoms with van der Waals surface area (Å²) in [7, 11) is 0. The third-order valence-electron chi connectivity index (χ3n) is 12.6. The molecule has 0 aromatic carbocycles. The highest BCUT2D eigenvalue weighted by Crippen LogP contribution is 2.71. The maximum absolute atomic E-state index is 14.1. The summed E-state index contributed by atoms with van der Waals surface area (Å²) < 4.78 is 23.8. The summed E-state index contributed by atoms with van der Waals surface area (Å²) in [6.07, 6.45) is 5.99. The zero-order chi connectivity index (χ0) is 25.9. The molecule has 8 nitrogen and oxygen atoms in total. The van der Waals surface area contributed by atoms with Gasteiger partial charge in [-0.2, -0.15) is 0 Å². The first kappa shape index (κ1) is 24.2. The van der Waals surface area contributed by atoms with Crippen molar-refractivity contribution < 1.29 is 33.3 Å². The van der Waals surface area contributed by atoms with E-state index in [0.717, 1.165) is 24.2 Å². The molecule has 6 bridgehead atoms. The number of rotatable bonds is 6. The van der Waals surface area contributed by atoms with Crippen LogP contribution in [-0.2, 0) is 33.3 Å². The highest BCUT2D eigenvalue weighted by atomic mass is 16.6. The molecule has 13 unspecified atom stereocenters. The Labute approximate surface area is 224 Å². The summed E-state index contributed by atoms with van der Waals surface area (Å²) in [5.41, 5.74) is -0.431. The third kappa shape index (κ3) is 3.19. The lowest BCUT2D eigenvalue weighted by Gasteiger charge is -2.48. The Hall–Kier alpha value is -1.67. The second-order valence-corrected chi connectivity index (χ2v) is 14.2. The van der Waals surface area contributed by atoms with Crippen molar-refractivity contribution in [2.45, 2.75) is 70.2 Å². The van der Waals surface area contributed by atoms with Gasteiger partial charge < -0.3 is 18.9 Å². The number of esters is 3. The van der Waals surface area contributed by atoms with Gasteiger partial charge in [0.25, 0.3) is 0 Å². The highest BCUT2D eigenvalue weighted by Gasteiger charge is 2.72. The van der Waals surface area contributed by atoms with E-state index < -0.39 is 29.6 Å². The van der Waals surface area contributed by atoms with Crippen LogP contribution in [0.15, 0.2) is 0 Å². The van der Waals surface area contributed by atoms with E-state index in [1.54, 1.807) is 0 Å². The standard InChI is InChI=1S/C30H41NO7/c1-14(2)30(12-17-10-20(30)23-16-4-3-15(9-16)22(17)23)38-29(34)25-19-11-18-24(25)28(33)37-27(18)26(19)36-21(32)13-31-5-7-35-8-6-31/h14-20,22-27H,3-13H2,1-2H3. The van der Waals surface area contributed by atoms with Crippen molar-refractivity contribution >= 4 is 17.9 Å². The van der Waals surface area contributed by atoms with Crippen LogP contribution >= 0.6 is 0 Å². The lowest BCUT2D eigenvalue weighted by atomic mass is 9.63. The van der Waals surface area contributed by atoms with Crippen LogP contribution in [0.25, 0.3) is 0 Å². The van der Waals surface area contributed by atoms with Crippen LogP contribution in [0.3, 0.4) is 0 Å². The predicted octanol–water partition coefficient (Wildman–Crippen LogP) is 2.68. The Bertz CT molecular complexity index is 1040. The zero-order valence-corrected chi connectivity index (χ0v) is 22.6. The first-order chi connectivity index (χ1) is 18.4. The van der Waals surface area contributed by atoms with Gasteiger partial charge in [0.05, 0.1) is 31.6 Å². The van der Waals surface area contributed by atoms with Crippen LogP contribution < -0.4 is 0 Å². The maximum Gasteiger partial charge on any atom is 0.320 e. The van der Waals surface area contributed by atoms with Crippen molar-refractivity contribution in [3.63, 3.8) is 0 Å². The van der Waals surface area contributed by atoms with Crippen molar-refractivity contribution in [3.05, 3.63) is 0 Å². The Morgan fingerprint density at radius 2 is 1.79 bits per heavy atom. The van der Waals surface area contributed by atoms with Crippen LogP contribution in [-0.4, -0.2) is 73.5 Å². The minimum Gasteiger partial charge on any atom is -0.458 e. The van der Waals surface area contributed by atoms with Crippen molar-refractivity contribution in [1.82, 2.24) is 4.90 Å². The van der Waals surface area contributed by atoms with Gasteiger partial charge in [-0.05, 0) is 74.0 Å². The summed E-state index contributed by atoms with van der Waals surface area (Å²) in [4.78, 5) is 42.0. The van der Waals surface area contributed by atoms with Crippen LogP contribution in [0.5, 0.6) is 0 Å². The molecule has 8 fully saturated rings. The molecular weight excluding hydrogens is 486 g/mol. The second kappa shape index (κ2) is 8.42. The molecule has 6 saturated carbocycles. The first-order valence-corrected chi connectivity index (χ1v) is 15.3. The van der Waals surface area contributed by atoms with Gasteiger partial charge in [0, 0.05) is 30.8 Å². The monoisotopic (exact) mass is 527 g/mol. The predicted molar refractivity (Wildman–Crippen MR) is 133 cm³/mol. The molecule has 0 spiro atoms. The molecule has 0 amide bonds. The number of morpholine rings is 1. The molecule has 13 atom stereocenters. The lowest BCUT2D eigenvalue weighted by Crippen LogP contribution is -2.53. The topological polar surface area (TPSA) is 91.4 Å². The van der Waals surface area contributed by atoms with E-state index in [0.29, 0.717) is 50.5 Å². The third-order valence-corrected chi connectivity index (χ3v) is 12.6. The molecule has 2 aliphatic heterocycles. The quantitative estimate of drug-likeness (QED) is 0.296. The van der Waals surface area contributed by atoms with E-state index in [2.05, 4.69) is 13.8 Å². The number of fused-ring (bicyclic) bond motifs is 10. The Morgan fingerprint density at radius 3 is 2.55 bits per heavy atom. The fourth-order valence-electron chi connectivity index (χ4n) is 11.4. The zero-order valence-electron chi connectivity index (χ0n) is 22.6. The van der Waals surface area contributed by atoms with E-state index in [9.17, 15) is 14.4 Å². The number of hydrogen-bond donors (Lipinski definition) is 0. The Morgan fingerprint density at radius 1 is 1.03 bits per heavy atom. The number of carbonyl (C=O) groups is 3. The smallest absolute Gasteiger partial charge is 0.320 e. The van der Waals surface area contributed by atoms with Crippen molar-refractivity contribution in [1.29, 1.82) is 0 Å². The largest absolute Gasteiger partial charge is 0.458 e. The summed E-state index contributed by atoms with van der Waals surface area (Å²) in [5, 5.41) is 0. The van der Waals surface area contributed by atoms with Gasteiger partial charge in [0.2, 0.25) is 0 Å². The van der Waals surface area contributed by atoms with Crippen molar-refractivity contribution in [2.75, 3.05) is 32.8 Å². The molecule has 0 aromatic heterocycles. The van der Waals surface area contributed by atoms with Gasteiger partial charge in [-0.3, -0.25) is 19.3 Å². The van der Waals surface area contributed by atoms with Crippen LogP contribution in [0, 0.1) is 65.1 Å². The molecule has 38 heavy (non-hydrogen) atoms. The number of nitrogens with zero attached hydrogens (tertiary/aromatic N) is 1. The molecule has 0 N–H and O–H groups in total. The molecule has 208 valence electrons. The van der Waals surface area contributed by atoms with E-state index >= 15 is 0 Å². The molecule has 8 aliphatic rings. The summed E-state index contributed by atoms with van der Waals surface area (Å²) in [5.74, 6) is 2.45. The average molecular weight is 528 g/mol. The fourth-order valence-corrected chi connectivity index (χ4v) is 11.4. The van der Waals surface area contributed by atoms with E-state index in [4.69, 9.17) is 18.9 Å². The fraction of sp³-hybridized carbons (Fsp3) is 0.900. The minimum absolute atomic E-state index is 0.0591. The van der Waals surface area contributed by atoms with Gasteiger partial charge in [-0.1, -0.05) is 13.8 Å². The Balaban J connectivity index is 1.02. The molecule has 0 aromatic rings. The molecule has 0 radical (unpaired) electrons. The van der Waals surface area contributed by atoms with E-state index in [1.807, 2.05) is 4.90 Å². The highest BCUT2D eigenvalue weighted by molar-refractivity contribution is 5.86. The summed E-state index contributed by atoms with van der Waals surface area (Å²) >= 11 is 0. The van der Waals surface area contributed by atoms with Crippen LogP contribution in [0.1, 0.15) is 52.4 Å². The van der Waals surface area contributed by atoms with Crippen molar-refractivity contribution in [2.24, 2.45) is 65.1 Å².